The summed E-state index contributed by atoms with van der Waals surface area (Å²) in [5, 5.41) is 3.65. The molecule has 10 heteroatoms. The molecule has 6 aliphatic rings. The number of aryl methyl sites for hydroxylation is 5. The molecular weight excluding hydrogens is 1390 g/mol. The molecule has 2 aliphatic carbocycles. The lowest BCUT2D eigenvalue weighted by atomic mass is 9.94. The van der Waals surface area contributed by atoms with Crippen molar-refractivity contribution in [2.45, 2.75) is 305 Å². The van der Waals surface area contributed by atoms with Crippen molar-refractivity contribution in [1.82, 2.24) is 19.9 Å². The van der Waals surface area contributed by atoms with Gasteiger partial charge in [-0.15, -0.1) is 0 Å². The van der Waals surface area contributed by atoms with E-state index in [1.807, 2.05) is 368 Å². The molecule has 112 heavy (non-hydrogen) atoms. The number of aromatic nitrogens is 4. The predicted octanol–water partition coefficient (Wildman–Crippen LogP) is 32.1. The van der Waals surface area contributed by atoms with E-state index in [4.69, 9.17) is 23.7 Å². The number of hydrogen-bond donors (Lipinski definition) is 0. The number of rotatable bonds is 0. The summed E-state index contributed by atoms with van der Waals surface area (Å²) >= 11 is 2.04. The van der Waals surface area contributed by atoms with E-state index in [1.54, 1.807) is 11.1 Å². The molecule has 0 unspecified atom stereocenters. The van der Waals surface area contributed by atoms with Gasteiger partial charge in [-0.2, -0.15) is 11.8 Å². The zero-order valence-corrected chi connectivity index (χ0v) is 78.6. The highest BCUT2D eigenvalue weighted by atomic mass is 32.2. The number of thioether (sulfide) groups is 1. The summed E-state index contributed by atoms with van der Waals surface area (Å²) in [6.45, 7) is 68.1. The summed E-state index contributed by atoms with van der Waals surface area (Å²) in [6, 6.07) is 61.5. The third kappa shape index (κ3) is 56.3. The number of fused-ring (bicyclic) bond motifs is 8. The first-order chi connectivity index (χ1) is 55.7. The molecule has 8 heterocycles. The van der Waals surface area contributed by atoms with Crippen molar-refractivity contribution < 1.29 is 23.7 Å². The normalized spacial score (nSPS) is 11.2. The van der Waals surface area contributed by atoms with Crippen LogP contribution in [-0.4, -0.2) is 52.3 Å². The topological polar surface area (TPSA) is 97.7 Å². The SMILES string of the molecule is CC.CC.CC.CC.CC.CC.CC.CC.CC.CC.CC.CC.CC.CC.CC.CC.c1cc2c(cn1)CCCC2.c1ccc2c(c1)CCOC2.c1ccc2c(c1)CCSC2.c1ccc2c(c1)COCO2.c1ccc2c(c1)OCCO2.c1ccc2cnccc2c1.c1ccc2ncccc2c1.c1cnc2c(c1)CCCC2. The van der Waals surface area contributed by atoms with Crippen LogP contribution >= 0.6 is 11.8 Å². The van der Waals surface area contributed by atoms with E-state index in [-0.39, 0.29) is 0 Å². The Bertz CT molecular complexity index is 2680. The summed E-state index contributed by atoms with van der Waals surface area (Å²) in [4.78, 5) is 16.6. The van der Waals surface area contributed by atoms with E-state index in [1.165, 1.54) is 119 Å². The molecule has 16 rings (SSSR count). The fraction of sp³-hybridized carbons (Fsp3) is 0.490. The van der Waals surface area contributed by atoms with Gasteiger partial charge < -0.3 is 23.7 Å². The van der Waals surface area contributed by atoms with Crippen molar-refractivity contribution in [1.29, 1.82) is 0 Å². The van der Waals surface area contributed by atoms with E-state index in [0.717, 1.165) is 48.0 Å². The number of pyridine rings is 4. The average Bonchev–Trinajstić information content (AvgIpc) is 0.951. The van der Waals surface area contributed by atoms with E-state index in [2.05, 4.69) is 105 Å². The number of nitrogens with zero attached hydrogens (tertiary/aromatic N) is 4. The van der Waals surface area contributed by atoms with Gasteiger partial charge in [0, 0.05) is 59.6 Å². The van der Waals surface area contributed by atoms with Crippen LogP contribution in [0.3, 0.4) is 0 Å². The second-order valence-corrected chi connectivity index (χ2v) is 20.7. The van der Waals surface area contributed by atoms with E-state index in [0.29, 0.717) is 26.6 Å². The smallest absolute Gasteiger partial charge is 0.189 e. The zero-order valence-electron chi connectivity index (χ0n) is 77.8. The van der Waals surface area contributed by atoms with Crippen LogP contribution in [0.15, 0.2) is 219 Å². The Morgan fingerprint density at radius 2 is 0.652 bits per heavy atom. The van der Waals surface area contributed by atoms with Gasteiger partial charge in [-0.25, -0.2) is 0 Å². The Morgan fingerprint density at radius 3 is 1.17 bits per heavy atom. The highest BCUT2D eigenvalue weighted by Gasteiger charge is 2.12. The molecule has 0 saturated carbocycles. The quantitative estimate of drug-likeness (QED) is 0.146. The lowest BCUT2D eigenvalue weighted by molar-refractivity contribution is -0.0163. The molecule has 4 aliphatic heterocycles. The van der Waals surface area contributed by atoms with Crippen molar-refractivity contribution in [2.75, 3.05) is 32.4 Å². The van der Waals surface area contributed by atoms with Gasteiger partial charge in [0.15, 0.2) is 18.3 Å². The first-order valence-corrected chi connectivity index (χ1v) is 45.2. The van der Waals surface area contributed by atoms with Crippen LogP contribution in [-0.2, 0) is 67.0 Å². The van der Waals surface area contributed by atoms with Crippen LogP contribution in [0.2, 0.25) is 0 Å². The van der Waals surface area contributed by atoms with Gasteiger partial charge >= 0.3 is 0 Å². The number of hydrogen-bond acceptors (Lipinski definition) is 10. The standard InChI is InChI=1S/C9H11N.C9H7N.C9H11N.C9H7N.C9H10O.C9H10S.2C8H8O2.16C2H6/c2*1-2-6-9-8(4-1)5-3-7-10-9;4*1-2-4-9-7-10-6-5-8(9)3-1;1-2-4-8-7(3-1)5-9-6-10-8;1-2-4-8-7(3-1)9-5-6-10-8;16*1-2/h3,5,7H,1-2,4,6H2;1-7H;5-7H,1-4H2;1-7H;2*1-4H,5-7H2;2*1-4H,5-6H2;16*1-2H3. The van der Waals surface area contributed by atoms with E-state index in [9.17, 15) is 0 Å². The largest absolute Gasteiger partial charge is 0.486 e. The molecule has 4 aromatic heterocycles. The summed E-state index contributed by atoms with van der Waals surface area (Å²) in [6.07, 6.45) is 23.9. The van der Waals surface area contributed by atoms with Crippen LogP contribution in [0, 0.1) is 0 Å². The van der Waals surface area contributed by atoms with Crippen LogP contribution < -0.4 is 14.2 Å². The Balaban J connectivity index is -0.000000175. The minimum absolute atomic E-state index is 0.386. The minimum Gasteiger partial charge on any atom is -0.486 e. The van der Waals surface area contributed by atoms with Crippen LogP contribution in [0.4, 0.5) is 0 Å². The van der Waals surface area contributed by atoms with Gasteiger partial charge in [-0.05, 0) is 168 Å². The minimum atomic E-state index is 0.386. The molecule has 0 amide bonds. The Hall–Kier alpha value is -7.89. The number of para-hydroxylation sites is 4. The molecule has 0 saturated heterocycles. The number of ether oxygens (including phenoxy) is 5. The van der Waals surface area contributed by atoms with Crippen molar-refractivity contribution in [3.05, 3.63) is 269 Å². The van der Waals surface area contributed by atoms with Crippen molar-refractivity contribution in [3.8, 4) is 17.2 Å². The maximum absolute atomic E-state index is 5.30. The van der Waals surface area contributed by atoms with Gasteiger partial charge in [0.05, 0.1) is 25.3 Å². The van der Waals surface area contributed by atoms with Crippen LogP contribution in [0.1, 0.15) is 297 Å². The molecule has 0 spiro atoms. The summed E-state index contributed by atoms with van der Waals surface area (Å²) < 4.78 is 26.2. The third-order valence-corrected chi connectivity index (χ3v) is 15.1. The molecule has 0 bridgehead atoms. The van der Waals surface area contributed by atoms with Crippen LogP contribution in [0.25, 0.3) is 21.7 Å². The lowest BCUT2D eigenvalue weighted by Gasteiger charge is -2.17. The highest BCUT2D eigenvalue weighted by Crippen LogP contribution is 2.29. The zero-order chi connectivity index (χ0) is 86.5. The van der Waals surface area contributed by atoms with Gasteiger partial charge in [0.25, 0.3) is 0 Å². The van der Waals surface area contributed by atoms with Gasteiger partial charge in [-0.1, -0.05) is 355 Å². The van der Waals surface area contributed by atoms with Gasteiger partial charge in [-0.3, -0.25) is 19.9 Å². The molecule has 6 aromatic carbocycles. The Morgan fingerprint density at radius 1 is 0.259 bits per heavy atom. The first-order valence-electron chi connectivity index (χ1n) is 44.1. The Labute approximate surface area is 696 Å². The number of benzene rings is 6. The van der Waals surface area contributed by atoms with Crippen molar-refractivity contribution in [2.24, 2.45) is 0 Å². The average molecular weight is 1560 g/mol. The fourth-order valence-electron chi connectivity index (χ4n) is 9.76. The molecule has 632 valence electrons. The molecule has 10 aromatic rings. The van der Waals surface area contributed by atoms with E-state index >= 15 is 0 Å². The fourth-order valence-corrected chi connectivity index (χ4v) is 10.8. The monoisotopic (exact) mass is 1560 g/mol. The first kappa shape index (κ1) is 120. The lowest BCUT2D eigenvalue weighted by Crippen LogP contribution is -2.14. The summed E-state index contributed by atoms with van der Waals surface area (Å²) in [5.74, 6) is 5.18. The molecule has 0 N–H and O–H groups in total. The van der Waals surface area contributed by atoms with Gasteiger partial charge in [0.2, 0.25) is 0 Å². The molecule has 9 nitrogen and oxygen atoms in total. The summed E-state index contributed by atoms with van der Waals surface area (Å²) in [5.41, 5.74) is 13.9. The second kappa shape index (κ2) is 99.2. The molecule has 0 atom stereocenters. The van der Waals surface area contributed by atoms with Gasteiger partial charge in [0.1, 0.15) is 19.0 Å². The van der Waals surface area contributed by atoms with Crippen LogP contribution in [0.5, 0.6) is 17.2 Å². The second-order valence-electron chi connectivity index (χ2n) is 19.6. The van der Waals surface area contributed by atoms with Crippen molar-refractivity contribution in [3.63, 3.8) is 0 Å². The predicted molar refractivity (Wildman–Crippen MR) is 507 cm³/mol. The molecular formula is C102H168N4O5S. The summed E-state index contributed by atoms with van der Waals surface area (Å²) in [7, 11) is 0. The molecule has 0 radical (unpaired) electrons. The maximum Gasteiger partial charge on any atom is 0.189 e. The molecule has 0 fully saturated rings. The Kier molecular flexibility index (Phi) is 106. The third-order valence-electron chi connectivity index (χ3n) is 14.1. The highest BCUT2D eigenvalue weighted by molar-refractivity contribution is 7.98. The van der Waals surface area contributed by atoms with Crippen molar-refractivity contribution >= 4 is 33.4 Å². The maximum atomic E-state index is 5.30. The van der Waals surface area contributed by atoms with E-state index < -0.39 is 0 Å².